The van der Waals surface area contributed by atoms with Crippen LogP contribution >= 0.6 is 11.8 Å². The number of pyridine rings is 1. The van der Waals surface area contributed by atoms with Crippen LogP contribution in [0.25, 0.3) is 0 Å². The summed E-state index contributed by atoms with van der Waals surface area (Å²) in [6, 6.07) is 17.5. The molecule has 1 fully saturated rings. The summed E-state index contributed by atoms with van der Waals surface area (Å²) >= 11 is 1.34. The molecular formula is C30H29N5O5S. The summed E-state index contributed by atoms with van der Waals surface area (Å²) in [4.78, 5) is 47.1. The third-order valence-corrected chi connectivity index (χ3v) is 8.57. The zero-order chi connectivity index (χ0) is 28.3. The summed E-state index contributed by atoms with van der Waals surface area (Å²) in [5, 5.41) is 15.2. The second kappa shape index (κ2) is 11.6. The van der Waals surface area contributed by atoms with E-state index in [1.165, 1.54) is 23.9 Å². The van der Waals surface area contributed by atoms with E-state index in [1.54, 1.807) is 22.1 Å². The van der Waals surface area contributed by atoms with Crippen molar-refractivity contribution in [3.05, 3.63) is 84.6 Å². The number of piperidine rings is 1. The number of ether oxygens (including phenoxy) is 1. The molecule has 0 saturated carbocycles. The monoisotopic (exact) mass is 571 g/mol. The Kier molecular flexibility index (Phi) is 7.62. The minimum atomic E-state index is -0.591. The second-order valence-corrected chi connectivity index (χ2v) is 11.1. The van der Waals surface area contributed by atoms with Gasteiger partial charge in [0.25, 0.3) is 0 Å². The smallest absolute Gasteiger partial charge is 0.327 e. The van der Waals surface area contributed by atoms with Gasteiger partial charge in [-0.05, 0) is 55.3 Å². The Morgan fingerprint density at radius 1 is 1.12 bits per heavy atom. The fourth-order valence-corrected chi connectivity index (χ4v) is 6.64. The number of hydrogen-bond donors (Lipinski definition) is 3. The Labute approximate surface area is 241 Å². The molecule has 41 heavy (non-hydrogen) atoms. The molecular weight excluding hydrogens is 542 g/mol. The van der Waals surface area contributed by atoms with Crippen molar-refractivity contribution in [1.29, 1.82) is 0 Å². The van der Waals surface area contributed by atoms with Crippen molar-refractivity contribution >= 4 is 41.0 Å². The predicted octanol–water partition coefficient (Wildman–Crippen LogP) is 3.91. The third kappa shape index (κ3) is 5.50. The SMILES string of the molecule is O=C(NC1CCCN(C(=O)/C=C/CO)C1)[C@@H]1Sc2nccc3c2C1NC(=O)N3c1ccc(Oc2ccccc2)cc1. The number of likely N-dealkylation sites (tertiary alicyclic amines) is 1. The van der Waals surface area contributed by atoms with E-state index in [9.17, 15) is 14.4 Å². The van der Waals surface area contributed by atoms with Gasteiger partial charge in [-0.1, -0.05) is 36.0 Å². The maximum Gasteiger partial charge on any atom is 0.327 e. The number of carbonyl (C=O) groups is 3. The third-order valence-electron chi connectivity index (χ3n) is 7.28. The molecule has 10 nitrogen and oxygen atoms in total. The van der Waals surface area contributed by atoms with Gasteiger partial charge < -0.3 is 25.4 Å². The Bertz CT molecular complexity index is 1480. The fraction of sp³-hybridized carbons (Fsp3) is 0.267. The normalized spacial score (nSPS) is 21.4. The molecule has 4 heterocycles. The van der Waals surface area contributed by atoms with E-state index in [0.717, 1.165) is 24.2 Å². The van der Waals surface area contributed by atoms with E-state index in [0.29, 0.717) is 35.2 Å². The van der Waals surface area contributed by atoms with Gasteiger partial charge in [0, 0.05) is 37.0 Å². The highest BCUT2D eigenvalue weighted by Gasteiger charge is 2.47. The number of benzene rings is 2. The molecule has 3 aliphatic heterocycles. The molecule has 0 bridgehead atoms. The molecule has 4 amide bonds. The molecule has 0 spiro atoms. The standard InChI is InChI=1S/C30H29N5O5S/c36-17-5-9-24(37)34-16-4-6-19(18-34)32-28(38)27-26-25-23(14-15-31-29(25)41-27)35(30(39)33-26)20-10-12-22(13-11-20)40-21-7-2-1-3-8-21/h1-3,5,7-15,19,26-27,36H,4,6,16-18H2,(H,32,38)(H,33,39)/b9-5+/t19?,26?,27-/m1/s1. The number of rotatable bonds is 7. The lowest BCUT2D eigenvalue weighted by Crippen LogP contribution is -2.53. The van der Waals surface area contributed by atoms with Gasteiger partial charge in [0.1, 0.15) is 21.8 Å². The number of thioether (sulfide) groups is 1. The maximum absolute atomic E-state index is 13.5. The van der Waals surface area contributed by atoms with E-state index >= 15 is 0 Å². The van der Waals surface area contributed by atoms with E-state index < -0.39 is 11.3 Å². The topological polar surface area (TPSA) is 124 Å². The molecule has 0 radical (unpaired) electrons. The van der Waals surface area contributed by atoms with E-state index in [-0.39, 0.29) is 30.5 Å². The van der Waals surface area contributed by atoms with Crippen LogP contribution in [-0.2, 0) is 9.59 Å². The van der Waals surface area contributed by atoms with Crippen LogP contribution in [0.15, 0.2) is 84.0 Å². The highest BCUT2D eigenvalue weighted by atomic mass is 32.2. The number of anilines is 2. The van der Waals surface area contributed by atoms with Crippen LogP contribution in [0.5, 0.6) is 11.5 Å². The van der Waals surface area contributed by atoms with Crippen LogP contribution in [0, 0.1) is 0 Å². The number of nitrogens with one attached hydrogen (secondary N) is 2. The van der Waals surface area contributed by atoms with Gasteiger partial charge >= 0.3 is 6.03 Å². The van der Waals surface area contributed by atoms with Crippen molar-refractivity contribution in [2.75, 3.05) is 24.6 Å². The summed E-state index contributed by atoms with van der Waals surface area (Å²) in [6.07, 6.45) is 5.93. The van der Waals surface area contributed by atoms with Crippen molar-refractivity contribution in [2.24, 2.45) is 0 Å². The average molecular weight is 572 g/mol. The molecule has 6 rings (SSSR count). The molecule has 2 unspecified atom stereocenters. The summed E-state index contributed by atoms with van der Waals surface area (Å²) < 4.78 is 5.89. The number of urea groups is 1. The molecule has 1 saturated heterocycles. The molecule has 3 aromatic rings. The van der Waals surface area contributed by atoms with Crippen molar-refractivity contribution in [3.63, 3.8) is 0 Å². The number of para-hydroxylation sites is 1. The van der Waals surface area contributed by atoms with Crippen LogP contribution in [0.1, 0.15) is 24.4 Å². The first-order chi connectivity index (χ1) is 20.0. The summed E-state index contributed by atoms with van der Waals surface area (Å²) in [7, 11) is 0. The number of amides is 4. The first-order valence-electron chi connectivity index (χ1n) is 13.5. The van der Waals surface area contributed by atoms with Crippen LogP contribution in [0.3, 0.4) is 0 Å². The van der Waals surface area contributed by atoms with Gasteiger partial charge in [-0.25, -0.2) is 9.78 Å². The van der Waals surface area contributed by atoms with Crippen molar-refractivity contribution in [1.82, 2.24) is 20.5 Å². The molecule has 0 aliphatic carbocycles. The van der Waals surface area contributed by atoms with E-state index in [2.05, 4.69) is 15.6 Å². The first kappa shape index (κ1) is 26.9. The predicted molar refractivity (Wildman–Crippen MR) is 154 cm³/mol. The van der Waals surface area contributed by atoms with Crippen molar-refractivity contribution in [3.8, 4) is 11.5 Å². The van der Waals surface area contributed by atoms with Gasteiger partial charge in [-0.3, -0.25) is 14.5 Å². The van der Waals surface area contributed by atoms with Gasteiger partial charge in [-0.2, -0.15) is 0 Å². The van der Waals surface area contributed by atoms with Crippen LogP contribution in [0.2, 0.25) is 0 Å². The molecule has 3 aliphatic rings. The minimum absolute atomic E-state index is 0.186. The van der Waals surface area contributed by atoms with E-state index in [1.807, 2.05) is 54.6 Å². The first-order valence-corrected chi connectivity index (χ1v) is 14.4. The minimum Gasteiger partial charge on any atom is -0.457 e. The fourth-order valence-electron chi connectivity index (χ4n) is 5.41. The zero-order valence-electron chi connectivity index (χ0n) is 22.1. The summed E-state index contributed by atoms with van der Waals surface area (Å²) in [6.45, 7) is 0.794. The number of aromatic nitrogens is 1. The Morgan fingerprint density at radius 3 is 2.68 bits per heavy atom. The van der Waals surface area contributed by atoms with Crippen LogP contribution in [0.4, 0.5) is 16.2 Å². The highest BCUT2D eigenvalue weighted by Crippen LogP contribution is 2.50. The van der Waals surface area contributed by atoms with Gasteiger partial charge in [-0.15, -0.1) is 0 Å². The summed E-state index contributed by atoms with van der Waals surface area (Å²) in [5.74, 6) is 0.979. The van der Waals surface area contributed by atoms with Crippen LogP contribution < -0.4 is 20.3 Å². The Morgan fingerprint density at radius 2 is 1.90 bits per heavy atom. The van der Waals surface area contributed by atoms with Crippen molar-refractivity contribution < 1.29 is 24.2 Å². The number of nitrogens with zero attached hydrogens (tertiary/aromatic N) is 3. The molecule has 1 aromatic heterocycles. The lowest BCUT2D eigenvalue weighted by molar-refractivity contribution is -0.129. The number of aliphatic hydroxyl groups is 1. The summed E-state index contributed by atoms with van der Waals surface area (Å²) in [5.41, 5.74) is 2.17. The Hall–Kier alpha value is -4.35. The number of hydrogen-bond acceptors (Lipinski definition) is 7. The zero-order valence-corrected chi connectivity index (χ0v) is 22.9. The van der Waals surface area contributed by atoms with Crippen molar-refractivity contribution in [2.45, 2.75) is 35.2 Å². The van der Waals surface area contributed by atoms with Gasteiger partial charge in [0.15, 0.2) is 0 Å². The molecule has 210 valence electrons. The Balaban J connectivity index is 1.17. The molecule has 3 N–H and O–H groups in total. The highest BCUT2D eigenvalue weighted by molar-refractivity contribution is 8.01. The second-order valence-electron chi connectivity index (χ2n) is 9.98. The molecule has 11 heteroatoms. The lowest BCUT2D eigenvalue weighted by Gasteiger charge is -2.35. The molecule has 2 aromatic carbocycles. The van der Waals surface area contributed by atoms with E-state index in [4.69, 9.17) is 9.84 Å². The van der Waals surface area contributed by atoms with Crippen LogP contribution in [-0.4, -0.2) is 63.8 Å². The lowest BCUT2D eigenvalue weighted by atomic mass is 9.99. The number of aliphatic hydroxyl groups excluding tert-OH is 1. The van der Waals surface area contributed by atoms with Gasteiger partial charge in [0.2, 0.25) is 11.8 Å². The number of carbonyl (C=O) groups excluding carboxylic acids is 3. The molecule has 3 atom stereocenters. The average Bonchev–Trinajstić information content (AvgIpc) is 3.37. The largest absolute Gasteiger partial charge is 0.457 e. The maximum atomic E-state index is 13.5. The quantitative estimate of drug-likeness (QED) is 0.368. The van der Waals surface area contributed by atoms with Gasteiger partial charge in [0.05, 0.1) is 24.0 Å².